The Balaban J connectivity index is 1.07. The van der Waals surface area contributed by atoms with Crippen LogP contribution in [0, 0.1) is 0 Å². The van der Waals surface area contributed by atoms with E-state index in [2.05, 4.69) is 53.4 Å². The molecule has 1 aliphatic rings. The van der Waals surface area contributed by atoms with Crippen molar-refractivity contribution in [3.8, 4) is 11.4 Å². The highest BCUT2D eigenvalue weighted by molar-refractivity contribution is 8.01. The minimum absolute atomic E-state index is 0.0624. The highest BCUT2D eigenvalue weighted by Crippen LogP contribution is 2.32. The predicted octanol–water partition coefficient (Wildman–Crippen LogP) is 6.44. The van der Waals surface area contributed by atoms with E-state index in [1.165, 1.54) is 40.4 Å². The summed E-state index contributed by atoms with van der Waals surface area (Å²) in [6, 6.07) is 23.6. The molecule has 0 bridgehead atoms. The average molecular weight is 689 g/mol. The number of carbonyl (C=O) groups excluding carboxylic acids is 2. The van der Waals surface area contributed by atoms with Gasteiger partial charge in [-0.1, -0.05) is 74.6 Å². The minimum atomic E-state index is -0.163. The van der Waals surface area contributed by atoms with Crippen LogP contribution in [0.15, 0.2) is 82.3 Å². The Morgan fingerprint density at radius 2 is 1.72 bits per heavy atom. The molecule has 0 aliphatic carbocycles. The number of thiazole rings is 1. The summed E-state index contributed by atoms with van der Waals surface area (Å²) in [6.45, 7) is 9.20. The summed E-state index contributed by atoms with van der Waals surface area (Å²) >= 11 is 4.26. The number of nitrogens with one attached hydrogen (secondary N) is 1. The lowest BCUT2D eigenvalue weighted by atomic mass is 9.87. The Hall–Kier alpha value is -3.91. The molecule has 5 aromatic rings. The number of benzene rings is 3. The van der Waals surface area contributed by atoms with Crippen LogP contribution in [-0.4, -0.2) is 74.3 Å². The quantitative estimate of drug-likeness (QED) is 0.157. The fourth-order valence-corrected chi connectivity index (χ4v) is 7.70. The molecule has 1 fully saturated rings. The highest BCUT2D eigenvalue weighted by atomic mass is 32.2. The number of hydrogen-bond donors (Lipinski definition) is 1. The third-order valence-electron chi connectivity index (χ3n) is 7.47. The van der Waals surface area contributed by atoms with Crippen molar-refractivity contribution >= 4 is 62.6 Å². The van der Waals surface area contributed by atoms with Crippen LogP contribution in [-0.2, 0) is 26.3 Å². The number of fused-ring (bicyclic) bond motifs is 1. The summed E-state index contributed by atoms with van der Waals surface area (Å²) in [6.07, 6.45) is 0. The van der Waals surface area contributed by atoms with Crippen LogP contribution in [0.4, 0.5) is 5.69 Å². The van der Waals surface area contributed by atoms with Crippen molar-refractivity contribution in [2.75, 3.05) is 43.1 Å². The third-order valence-corrected chi connectivity index (χ3v) is 10.5. The Morgan fingerprint density at radius 3 is 2.47 bits per heavy atom. The van der Waals surface area contributed by atoms with Crippen LogP contribution >= 0.6 is 34.9 Å². The first-order valence-electron chi connectivity index (χ1n) is 15.3. The van der Waals surface area contributed by atoms with Crippen molar-refractivity contribution < 1.29 is 19.1 Å². The molecule has 6 rings (SSSR count). The fourth-order valence-electron chi connectivity index (χ4n) is 4.92. The van der Waals surface area contributed by atoms with E-state index in [0.29, 0.717) is 48.7 Å². The molecule has 0 unspecified atom stereocenters. The van der Waals surface area contributed by atoms with Crippen molar-refractivity contribution in [2.45, 2.75) is 42.3 Å². The van der Waals surface area contributed by atoms with Gasteiger partial charge in [0.25, 0.3) is 0 Å². The van der Waals surface area contributed by atoms with E-state index in [9.17, 15) is 9.59 Å². The van der Waals surface area contributed by atoms with Crippen LogP contribution in [0.5, 0.6) is 5.75 Å². The molecule has 10 nitrogen and oxygen atoms in total. The number of nitrogens with zero attached hydrogens (tertiary/aromatic N) is 5. The summed E-state index contributed by atoms with van der Waals surface area (Å²) in [7, 11) is 0. The van der Waals surface area contributed by atoms with Crippen LogP contribution in [0.1, 0.15) is 32.2 Å². The molecule has 3 aromatic carbocycles. The normalized spacial score (nSPS) is 13.6. The molecule has 1 aliphatic heterocycles. The molecule has 1 N–H and O–H groups in total. The van der Waals surface area contributed by atoms with Gasteiger partial charge in [-0.05, 0) is 53.4 Å². The minimum Gasteiger partial charge on any atom is -0.486 e. The zero-order valence-corrected chi connectivity index (χ0v) is 28.9. The first kappa shape index (κ1) is 33.0. The van der Waals surface area contributed by atoms with Gasteiger partial charge in [-0.3, -0.25) is 14.2 Å². The van der Waals surface area contributed by atoms with Crippen molar-refractivity contribution in [3.63, 3.8) is 0 Å². The second kappa shape index (κ2) is 14.9. The topological polar surface area (TPSA) is 111 Å². The SMILES string of the molecule is CC(C)(C)c1ccc(OCc2nnc(SCC(=O)Nc3ccc4nc(SCC(=O)N5CCOCC5)sc4c3)n2-c2ccccc2)cc1. The van der Waals surface area contributed by atoms with Crippen molar-refractivity contribution in [1.82, 2.24) is 24.6 Å². The number of carbonyl (C=O) groups is 2. The molecule has 0 atom stereocenters. The lowest BCUT2D eigenvalue weighted by Gasteiger charge is -2.26. The maximum absolute atomic E-state index is 13.0. The predicted molar refractivity (Wildman–Crippen MR) is 188 cm³/mol. The Morgan fingerprint density at radius 1 is 0.957 bits per heavy atom. The second-order valence-electron chi connectivity index (χ2n) is 11.9. The van der Waals surface area contributed by atoms with E-state index in [1.807, 2.05) is 70.1 Å². The molecule has 244 valence electrons. The number of hydrogen-bond acceptors (Lipinski definition) is 10. The number of thioether (sulfide) groups is 2. The van der Waals surface area contributed by atoms with E-state index in [-0.39, 0.29) is 29.6 Å². The van der Waals surface area contributed by atoms with Gasteiger partial charge in [0.05, 0.1) is 34.9 Å². The summed E-state index contributed by atoms with van der Waals surface area (Å²) in [5.41, 5.74) is 3.70. The zero-order valence-electron chi connectivity index (χ0n) is 26.5. The average Bonchev–Trinajstić information content (AvgIpc) is 3.69. The smallest absolute Gasteiger partial charge is 0.234 e. The first-order valence-corrected chi connectivity index (χ1v) is 18.1. The summed E-state index contributed by atoms with van der Waals surface area (Å²) in [5, 5.41) is 12.4. The van der Waals surface area contributed by atoms with Gasteiger partial charge in [0.1, 0.15) is 12.4 Å². The molecule has 0 spiro atoms. The number of para-hydroxylation sites is 1. The number of rotatable bonds is 11. The van der Waals surface area contributed by atoms with Gasteiger partial charge in [0.2, 0.25) is 11.8 Å². The Kier molecular flexibility index (Phi) is 10.5. The van der Waals surface area contributed by atoms with Gasteiger partial charge in [-0.2, -0.15) is 0 Å². The Labute approximate surface area is 286 Å². The lowest BCUT2D eigenvalue weighted by molar-refractivity contribution is -0.132. The van der Waals surface area contributed by atoms with Crippen LogP contribution in [0.2, 0.25) is 0 Å². The molecule has 3 heterocycles. The fraction of sp³-hybridized carbons (Fsp3) is 0.324. The van der Waals surface area contributed by atoms with Crippen LogP contribution < -0.4 is 10.1 Å². The number of amides is 2. The molecule has 2 amide bonds. The van der Waals surface area contributed by atoms with Gasteiger partial charge in [0.15, 0.2) is 15.3 Å². The summed E-state index contributed by atoms with van der Waals surface area (Å²) in [4.78, 5) is 32.0. The monoisotopic (exact) mass is 688 g/mol. The van der Waals surface area contributed by atoms with Crippen molar-refractivity contribution in [2.24, 2.45) is 0 Å². The van der Waals surface area contributed by atoms with Crippen LogP contribution in [0.3, 0.4) is 0 Å². The van der Waals surface area contributed by atoms with E-state index >= 15 is 0 Å². The van der Waals surface area contributed by atoms with E-state index in [4.69, 9.17) is 9.47 Å². The molecule has 13 heteroatoms. The number of anilines is 1. The van der Waals surface area contributed by atoms with Gasteiger partial charge in [-0.15, -0.1) is 21.5 Å². The molecular formula is C34H36N6O4S3. The van der Waals surface area contributed by atoms with Gasteiger partial charge in [-0.25, -0.2) is 4.98 Å². The summed E-state index contributed by atoms with van der Waals surface area (Å²) in [5.74, 6) is 1.80. The van der Waals surface area contributed by atoms with Gasteiger partial charge >= 0.3 is 0 Å². The zero-order chi connectivity index (χ0) is 32.8. The maximum atomic E-state index is 13.0. The van der Waals surface area contributed by atoms with E-state index in [1.54, 1.807) is 0 Å². The molecule has 1 saturated heterocycles. The Bertz CT molecular complexity index is 1830. The van der Waals surface area contributed by atoms with E-state index < -0.39 is 0 Å². The highest BCUT2D eigenvalue weighted by Gasteiger charge is 2.19. The molecule has 0 saturated carbocycles. The number of ether oxygens (including phenoxy) is 2. The maximum Gasteiger partial charge on any atom is 0.234 e. The molecular weight excluding hydrogens is 653 g/mol. The standard InChI is InChI=1S/C34H36N6O4S3/c1-34(2,3)23-9-12-26(13-10-23)44-20-29-37-38-32(40(29)25-7-5-4-6-8-25)45-21-30(41)35-24-11-14-27-28(19-24)47-33(36-27)46-22-31(42)39-15-17-43-18-16-39/h4-14,19H,15-18,20-22H2,1-3H3,(H,35,41). The van der Waals surface area contributed by atoms with Crippen molar-refractivity contribution in [1.29, 1.82) is 0 Å². The number of morpholine rings is 1. The lowest BCUT2D eigenvalue weighted by Crippen LogP contribution is -2.41. The molecule has 47 heavy (non-hydrogen) atoms. The van der Waals surface area contributed by atoms with E-state index in [0.717, 1.165) is 26.0 Å². The third kappa shape index (κ3) is 8.52. The van der Waals surface area contributed by atoms with Gasteiger partial charge in [0, 0.05) is 24.5 Å². The van der Waals surface area contributed by atoms with Crippen molar-refractivity contribution in [3.05, 3.63) is 84.2 Å². The second-order valence-corrected chi connectivity index (χ2v) is 15.1. The molecule has 2 aromatic heterocycles. The van der Waals surface area contributed by atoms with Crippen LogP contribution in [0.25, 0.3) is 15.9 Å². The largest absolute Gasteiger partial charge is 0.486 e. The summed E-state index contributed by atoms with van der Waals surface area (Å²) < 4.78 is 15.1. The number of aromatic nitrogens is 4. The first-order chi connectivity index (χ1) is 22.7. The molecule has 0 radical (unpaired) electrons. The van der Waals surface area contributed by atoms with Gasteiger partial charge < -0.3 is 19.7 Å².